The van der Waals surface area contributed by atoms with Crippen LogP contribution in [0.15, 0.2) is 93.8 Å². The molecule has 5 aromatic rings. The average Bonchev–Trinajstić information content (AvgIpc) is 3.51. The van der Waals surface area contributed by atoms with Gasteiger partial charge in [0.15, 0.2) is 10.7 Å². The zero-order valence-corrected chi connectivity index (χ0v) is 20.7. The summed E-state index contributed by atoms with van der Waals surface area (Å²) in [6.45, 7) is 2.03. The summed E-state index contributed by atoms with van der Waals surface area (Å²) in [4.78, 5) is 16.9. The van der Waals surface area contributed by atoms with E-state index < -0.39 is 0 Å². The Morgan fingerprint density at radius 3 is 2.47 bits per heavy atom. The largest absolute Gasteiger partial charge is 0.457 e. The number of amides is 1. The van der Waals surface area contributed by atoms with E-state index in [-0.39, 0.29) is 11.0 Å². The van der Waals surface area contributed by atoms with Crippen LogP contribution < -0.4 is 10.6 Å². The van der Waals surface area contributed by atoms with Gasteiger partial charge in [0, 0.05) is 27.9 Å². The fourth-order valence-electron chi connectivity index (χ4n) is 3.51. The van der Waals surface area contributed by atoms with Crippen LogP contribution in [0.1, 0.15) is 11.3 Å². The first kappa shape index (κ1) is 23.5. The van der Waals surface area contributed by atoms with Crippen molar-refractivity contribution in [2.24, 2.45) is 0 Å². The Morgan fingerprint density at radius 2 is 1.69 bits per heavy atom. The first-order valence-corrected chi connectivity index (χ1v) is 11.8. The highest BCUT2D eigenvalue weighted by molar-refractivity contribution is 7.80. The van der Waals surface area contributed by atoms with Crippen molar-refractivity contribution in [2.75, 3.05) is 5.32 Å². The third-order valence-electron chi connectivity index (χ3n) is 5.34. The number of hydrogen-bond acceptors (Lipinski definition) is 5. The number of fused-ring (bicyclic) bond motifs is 1. The second kappa shape index (κ2) is 10.2. The van der Waals surface area contributed by atoms with E-state index in [1.165, 1.54) is 11.6 Å². The van der Waals surface area contributed by atoms with Gasteiger partial charge < -0.3 is 14.2 Å². The summed E-state index contributed by atoms with van der Waals surface area (Å²) in [6.07, 6.45) is 2.93. The van der Waals surface area contributed by atoms with Crippen LogP contribution in [0.4, 0.5) is 5.69 Å². The number of benzene rings is 3. The number of oxazole rings is 1. The van der Waals surface area contributed by atoms with Crippen molar-refractivity contribution < 1.29 is 13.6 Å². The van der Waals surface area contributed by atoms with Crippen LogP contribution in [0.25, 0.3) is 40.0 Å². The Labute approximate surface area is 217 Å². The summed E-state index contributed by atoms with van der Waals surface area (Å²) >= 11 is 11.2. The lowest BCUT2D eigenvalue weighted by atomic mass is 10.1. The minimum absolute atomic E-state index is 0.160. The molecule has 0 aliphatic carbocycles. The third kappa shape index (κ3) is 5.54. The highest BCUT2D eigenvalue weighted by Crippen LogP contribution is 2.27. The van der Waals surface area contributed by atoms with Gasteiger partial charge in [0.1, 0.15) is 17.0 Å². The van der Waals surface area contributed by atoms with Crippen molar-refractivity contribution in [2.45, 2.75) is 6.92 Å². The Morgan fingerprint density at radius 1 is 0.944 bits per heavy atom. The normalized spacial score (nSPS) is 11.2. The van der Waals surface area contributed by atoms with Crippen LogP contribution in [0.3, 0.4) is 0 Å². The molecule has 0 atom stereocenters. The van der Waals surface area contributed by atoms with Gasteiger partial charge in [0.2, 0.25) is 11.8 Å². The minimum atomic E-state index is -0.388. The molecule has 2 N–H and O–H groups in total. The zero-order valence-electron chi connectivity index (χ0n) is 19.1. The monoisotopic (exact) mass is 513 g/mol. The lowest BCUT2D eigenvalue weighted by molar-refractivity contribution is -0.115. The molecule has 36 heavy (non-hydrogen) atoms. The maximum atomic E-state index is 12.3. The zero-order chi connectivity index (χ0) is 25.1. The molecule has 0 fully saturated rings. The number of aryl methyl sites for hydroxylation is 1. The van der Waals surface area contributed by atoms with Crippen molar-refractivity contribution in [3.63, 3.8) is 0 Å². The quantitative estimate of drug-likeness (QED) is 0.190. The predicted molar refractivity (Wildman–Crippen MR) is 147 cm³/mol. The molecule has 0 saturated carbocycles. The van der Waals surface area contributed by atoms with Crippen LogP contribution in [0, 0.1) is 6.92 Å². The lowest BCUT2D eigenvalue weighted by Gasteiger charge is -2.07. The third-order valence-corrected chi connectivity index (χ3v) is 5.79. The number of furan rings is 1. The Kier molecular flexibility index (Phi) is 6.66. The van der Waals surface area contributed by atoms with Gasteiger partial charge in [0.25, 0.3) is 0 Å². The second-order valence-corrected chi connectivity index (χ2v) is 8.90. The number of aromatic nitrogens is 1. The smallest absolute Gasteiger partial charge is 0.250 e. The summed E-state index contributed by atoms with van der Waals surface area (Å²) in [5.41, 5.74) is 4.98. The standard InChI is InChI=1S/C28H20ClN3O3S/c1-17-2-4-19(5-3-17)27-31-23-16-21(10-13-25(23)35-27)30-28(36)32-26(33)15-12-22-11-14-24(34-22)18-6-8-20(29)9-7-18/h2-16H,1H3,(H2,30,32,33,36). The molecule has 0 aliphatic heterocycles. The van der Waals surface area contributed by atoms with Crippen molar-refractivity contribution in [1.82, 2.24) is 10.3 Å². The van der Waals surface area contributed by atoms with E-state index in [4.69, 9.17) is 32.7 Å². The number of thiocarbonyl (C=S) groups is 1. The molecule has 2 heterocycles. The van der Waals surface area contributed by atoms with E-state index in [1.54, 1.807) is 24.3 Å². The van der Waals surface area contributed by atoms with Crippen LogP contribution in [0.2, 0.25) is 5.02 Å². The van der Waals surface area contributed by atoms with Crippen molar-refractivity contribution in [3.8, 4) is 22.8 Å². The molecule has 2 aromatic heterocycles. The number of anilines is 1. The lowest BCUT2D eigenvalue weighted by Crippen LogP contribution is -2.32. The van der Waals surface area contributed by atoms with Crippen LogP contribution in [-0.2, 0) is 4.79 Å². The van der Waals surface area contributed by atoms with Gasteiger partial charge in [-0.15, -0.1) is 0 Å². The fraction of sp³-hybridized carbons (Fsp3) is 0.0357. The van der Waals surface area contributed by atoms with Gasteiger partial charge in [-0.3, -0.25) is 10.1 Å². The first-order valence-electron chi connectivity index (χ1n) is 11.1. The number of nitrogens with zero attached hydrogens (tertiary/aromatic N) is 1. The minimum Gasteiger partial charge on any atom is -0.457 e. The topological polar surface area (TPSA) is 80.3 Å². The molecule has 0 saturated heterocycles. The molecule has 0 aliphatic rings. The number of hydrogen-bond donors (Lipinski definition) is 2. The Balaban J connectivity index is 1.19. The highest BCUT2D eigenvalue weighted by Gasteiger charge is 2.10. The van der Waals surface area contributed by atoms with Crippen molar-refractivity contribution >= 4 is 57.7 Å². The molecule has 1 amide bonds. The van der Waals surface area contributed by atoms with Gasteiger partial charge in [-0.25, -0.2) is 4.98 Å². The molecule has 0 bridgehead atoms. The summed E-state index contributed by atoms with van der Waals surface area (Å²) in [7, 11) is 0. The second-order valence-electron chi connectivity index (χ2n) is 8.05. The first-order chi connectivity index (χ1) is 17.4. The molecular weight excluding hydrogens is 494 g/mol. The predicted octanol–water partition coefficient (Wildman–Crippen LogP) is 7.24. The molecule has 0 radical (unpaired) electrons. The number of carbonyl (C=O) groups excluding carboxylic acids is 1. The molecule has 3 aromatic carbocycles. The van der Waals surface area contributed by atoms with Gasteiger partial charge in [0.05, 0.1) is 0 Å². The Hall–Kier alpha value is -4.20. The highest BCUT2D eigenvalue weighted by atomic mass is 35.5. The summed E-state index contributed by atoms with van der Waals surface area (Å²) < 4.78 is 11.6. The Bertz CT molecular complexity index is 1580. The van der Waals surface area contributed by atoms with Gasteiger partial charge in [-0.2, -0.15) is 0 Å². The van der Waals surface area contributed by atoms with Crippen LogP contribution in [0.5, 0.6) is 0 Å². The fourth-order valence-corrected chi connectivity index (χ4v) is 3.85. The molecule has 5 rings (SSSR count). The van der Waals surface area contributed by atoms with Crippen LogP contribution >= 0.6 is 23.8 Å². The summed E-state index contributed by atoms with van der Waals surface area (Å²) in [5.74, 6) is 1.37. The molecule has 8 heteroatoms. The average molecular weight is 514 g/mol. The van der Waals surface area contributed by atoms with E-state index >= 15 is 0 Å². The van der Waals surface area contributed by atoms with Gasteiger partial charge in [-0.05, 0) is 91.9 Å². The van der Waals surface area contributed by atoms with Gasteiger partial charge in [-0.1, -0.05) is 29.3 Å². The molecular formula is C28H20ClN3O3S. The van der Waals surface area contributed by atoms with E-state index in [9.17, 15) is 4.79 Å². The van der Waals surface area contributed by atoms with Gasteiger partial charge >= 0.3 is 0 Å². The van der Waals surface area contributed by atoms with Crippen molar-refractivity contribution in [1.29, 1.82) is 0 Å². The summed E-state index contributed by atoms with van der Waals surface area (Å²) in [5, 5.41) is 6.43. The SMILES string of the molecule is Cc1ccc(-c2nc3cc(NC(=S)NC(=O)C=Cc4ccc(-c5ccc(Cl)cc5)o4)ccc3o2)cc1. The number of carbonyl (C=O) groups is 1. The van der Waals surface area contributed by atoms with E-state index in [2.05, 4.69) is 15.6 Å². The number of rotatable bonds is 5. The van der Waals surface area contributed by atoms with Crippen molar-refractivity contribution in [3.05, 3.63) is 101 Å². The van der Waals surface area contributed by atoms with E-state index in [0.29, 0.717) is 39.2 Å². The number of nitrogens with one attached hydrogen (secondary N) is 2. The van der Waals surface area contributed by atoms with E-state index in [0.717, 1.165) is 11.1 Å². The maximum absolute atomic E-state index is 12.3. The maximum Gasteiger partial charge on any atom is 0.250 e. The molecule has 178 valence electrons. The van der Waals surface area contributed by atoms with E-state index in [1.807, 2.05) is 67.6 Å². The van der Waals surface area contributed by atoms with Crippen LogP contribution in [-0.4, -0.2) is 16.0 Å². The molecule has 6 nitrogen and oxygen atoms in total. The number of halogens is 1. The summed E-state index contributed by atoms with van der Waals surface area (Å²) in [6, 6.07) is 24.3. The molecule has 0 unspecified atom stereocenters. The molecule has 0 spiro atoms.